The normalized spacial score (nSPS) is 21.2. The minimum absolute atomic E-state index is 0.0330. The Morgan fingerprint density at radius 2 is 2.15 bits per heavy atom. The Labute approximate surface area is 157 Å². The van der Waals surface area contributed by atoms with Crippen LogP contribution in [0.5, 0.6) is 0 Å². The maximum atomic E-state index is 12.4. The van der Waals surface area contributed by atoms with E-state index in [-0.39, 0.29) is 18.1 Å². The van der Waals surface area contributed by atoms with E-state index in [1.165, 1.54) is 18.4 Å². The largest absolute Gasteiger partial charge is 0.465 e. The number of rotatable bonds is 4. The molecule has 0 saturated carbocycles. The Balaban J connectivity index is 1.43. The molecule has 144 valence electrons. The van der Waals surface area contributed by atoms with Crippen LogP contribution in [0.25, 0.3) is 0 Å². The first-order valence-electron chi connectivity index (χ1n) is 8.95. The fourth-order valence-corrected chi connectivity index (χ4v) is 4.03. The van der Waals surface area contributed by atoms with Gasteiger partial charge in [0.25, 0.3) is 0 Å². The van der Waals surface area contributed by atoms with E-state index >= 15 is 0 Å². The van der Waals surface area contributed by atoms with Crippen LogP contribution < -0.4 is 15.5 Å². The molecular weight excluding hydrogens is 356 g/mol. The molecule has 3 heterocycles. The van der Waals surface area contributed by atoms with E-state index in [1.54, 1.807) is 6.07 Å². The highest BCUT2D eigenvalue weighted by molar-refractivity contribution is 7.17. The van der Waals surface area contributed by atoms with Crippen LogP contribution in [0, 0.1) is 0 Å². The topological polar surface area (TPSA) is 83.1 Å². The zero-order chi connectivity index (χ0) is 18.4. The third-order valence-electron chi connectivity index (χ3n) is 4.56. The average molecular weight is 382 g/mol. The molecule has 0 bridgehead atoms. The fraction of sp³-hybridized carbons (Fsp3) is 0.647. The first kappa shape index (κ1) is 18.9. The Hall–Kier alpha value is -1.84. The van der Waals surface area contributed by atoms with E-state index in [4.69, 9.17) is 9.47 Å². The Bertz CT molecular complexity index is 608. The molecule has 1 atom stereocenters. The van der Waals surface area contributed by atoms with Crippen LogP contribution in [0.15, 0.2) is 12.1 Å². The molecule has 0 radical (unpaired) electrons. The second-order valence-corrected chi connectivity index (χ2v) is 7.40. The van der Waals surface area contributed by atoms with Gasteiger partial charge in [0.15, 0.2) is 0 Å². The number of esters is 1. The molecule has 0 aromatic carbocycles. The predicted octanol–water partition coefficient (Wildman–Crippen LogP) is 0.745. The monoisotopic (exact) mass is 382 g/mol. The van der Waals surface area contributed by atoms with Crippen LogP contribution in [-0.4, -0.2) is 82.5 Å². The van der Waals surface area contributed by atoms with Gasteiger partial charge in [-0.15, -0.1) is 11.3 Å². The molecule has 9 heteroatoms. The molecule has 0 spiro atoms. The molecule has 2 aliphatic heterocycles. The van der Waals surface area contributed by atoms with E-state index in [1.807, 2.05) is 11.0 Å². The molecular formula is C17H26N4O4S. The van der Waals surface area contributed by atoms with Crippen molar-refractivity contribution in [1.29, 1.82) is 0 Å². The first-order chi connectivity index (χ1) is 12.7. The van der Waals surface area contributed by atoms with E-state index in [2.05, 4.69) is 15.5 Å². The van der Waals surface area contributed by atoms with Crippen molar-refractivity contribution < 1.29 is 19.1 Å². The van der Waals surface area contributed by atoms with Crippen LogP contribution in [0.4, 0.5) is 9.80 Å². The van der Waals surface area contributed by atoms with E-state index in [0.29, 0.717) is 24.5 Å². The number of hydrogen-bond donors (Lipinski definition) is 2. The molecule has 2 saturated heterocycles. The van der Waals surface area contributed by atoms with Crippen molar-refractivity contribution in [2.24, 2.45) is 0 Å². The summed E-state index contributed by atoms with van der Waals surface area (Å²) in [6, 6.07) is 3.67. The molecule has 2 fully saturated rings. The molecule has 2 N–H and O–H groups in total. The van der Waals surface area contributed by atoms with Crippen molar-refractivity contribution in [2.75, 3.05) is 64.4 Å². The molecule has 1 aromatic heterocycles. The molecule has 2 amide bonds. The lowest BCUT2D eigenvalue weighted by molar-refractivity contribution is 0.0606. The molecule has 2 aliphatic rings. The number of carbonyl (C=O) groups is 2. The van der Waals surface area contributed by atoms with Gasteiger partial charge in [-0.25, -0.2) is 9.59 Å². The molecule has 26 heavy (non-hydrogen) atoms. The summed E-state index contributed by atoms with van der Waals surface area (Å²) in [5.41, 5.74) is 0. The van der Waals surface area contributed by atoms with E-state index in [0.717, 1.165) is 44.2 Å². The highest BCUT2D eigenvalue weighted by atomic mass is 32.1. The van der Waals surface area contributed by atoms with Gasteiger partial charge < -0.3 is 29.9 Å². The fourth-order valence-electron chi connectivity index (χ4n) is 3.05. The first-order valence-corrected chi connectivity index (χ1v) is 9.77. The number of piperazine rings is 1. The maximum Gasteiger partial charge on any atom is 0.348 e. The molecule has 1 aromatic rings. The van der Waals surface area contributed by atoms with Crippen molar-refractivity contribution in [2.45, 2.75) is 12.5 Å². The lowest BCUT2D eigenvalue weighted by Gasteiger charge is -2.35. The number of carbonyl (C=O) groups excluding carboxylic acids is 2. The highest BCUT2D eigenvalue weighted by Gasteiger charge is 2.23. The number of thiophene rings is 1. The van der Waals surface area contributed by atoms with Crippen molar-refractivity contribution in [3.05, 3.63) is 17.0 Å². The summed E-state index contributed by atoms with van der Waals surface area (Å²) in [7, 11) is 1.38. The minimum atomic E-state index is -0.311. The van der Waals surface area contributed by atoms with Gasteiger partial charge in [0.2, 0.25) is 0 Å². The Kier molecular flexibility index (Phi) is 6.70. The highest BCUT2D eigenvalue weighted by Crippen LogP contribution is 2.27. The standard InChI is InChI=1S/C17H26N4O4S/c1-24-16(22)14-3-4-15(26-14)20-6-8-21(9-7-20)17(23)19-12-13-11-18-5-2-10-25-13/h3-4,13,18H,2,5-12H2,1H3,(H,19,23). The van der Waals surface area contributed by atoms with Crippen LogP contribution in [0.1, 0.15) is 16.1 Å². The number of hydrogen-bond acceptors (Lipinski definition) is 7. The number of nitrogens with one attached hydrogen (secondary N) is 2. The van der Waals surface area contributed by atoms with Crippen LogP contribution >= 0.6 is 11.3 Å². The zero-order valence-corrected chi connectivity index (χ0v) is 15.8. The number of urea groups is 1. The van der Waals surface area contributed by atoms with Crippen molar-refractivity contribution >= 4 is 28.3 Å². The van der Waals surface area contributed by atoms with Crippen molar-refractivity contribution in [3.63, 3.8) is 0 Å². The van der Waals surface area contributed by atoms with Gasteiger partial charge in [-0.05, 0) is 25.1 Å². The number of amides is 2. The van der Waals surface area contributed by atoms with Gasteiger partial charge in [-0.3, -0.25) is 0 Å². The maximum absolute atomic E-state index is 12.4. The lowest BCUT2D eigenvalue weighted by Crippen LogP contribution is -2.53. The van der Waals surface area contributed by atoms with Gasteiger partial charge in [0.05, 0.1) is 18.2 Å². The van der Waals surface area contributed by atoms with Gasteiger partial charge in [-0.2, -0.15) is 0 Å². The van der Waals surface area contributed by atoms with E-state index in [9.17, 15) is 9.59 Å². The SMILES string of the molecule is COC(=O)c1ccc(N2CCN(C(=O)NCC3CNCCCO3)CC2)s1. The molecule has 1 unspecified atom stereocenters. The minimum Gasteiger partial charge on any atom is -0.465 e. The third-order valence-corrected chi connectivity index (χ3v) is 5.69. The van der Waals surface area contributed by atoms with Crippen LogP contribution in [0.3, 0.4) is 0 Å². The summed E-state index contributed by atoms with van der Waals surface area (Å²) in [6.45, 7) is 5.80. The molecule has 8 nitrogen and oxygen atoms in total. The summed E-state index contributed by atoms with van der Waals surface area (Å²) in [4.78, 5) is 28.6. The van der Waals surface area contributed by atoms with Gasteiger partial charge in [0, 0.05) is 45.9 Å². The molecule has 0 aliphatic carbocycles. The predicted molar refractivity (Wildman–Crippen MR) is 100 cm³/mol. The Morgan fingerprint density at radius 3 is 2.92 bits per heavy atom. The third kappa shape index (κ3) is 4.87. The summed E-state index contributed by atoms with van der Waals surface area (Å²) in [5, 5.41) is 7.32. The summed E-state index contributed by atoms with van der Waals surface area (Å²) >= 11 is 1.42. The quantitative estimate of drug-likeness (QED) is 0.748. The number of ether oxygens (including phenoxy) is 2. The number of anilines is 1. The summed E-state index contributed by atoms with van der Waals surface area (Å²) < 4.78 is 10.5. The Morgan fingerprint density at radius 1 is 1.35 bits per heavy atom. The smallest absolute Gasteiger partial charge is 0.348 e. The second kappa shape index (κ2) is 9.20. The van der Waals surface area contributed by atoms with Crippen molar-refractivity contribution in [3.8, 4) is 0 Å². The number of nitrogens with zero attached hydrogens (tertiary/aromatic N) is 2. The van der Waals surface area contributed by atoms with Crippen molar-refractivity contribution in [1.82, 2.24) is 15.5 Å². The van der Waals surface area contributed by atoms with Gasteiger partial charge in [0.1, 0.15) is 4.88 Å². The molecule has 3 rings (SSSR count). The van der Waals surface area contributed by atoms with Crippen LogP contribution in [-0.2, 0) is 9.47 Å². The van der Waals surface area contributed by atoms with E-state index < -0.39 is 0 Å². The lowest BCUT2D eigenvalue weighted by atomic mass is 10.3. The van der Waals surface area contributed by atoms with Gasteiger partial charge in [-0.1, -0.05) is 0 Å². The average Bonchev–Trinajstić information content (AvgIpc) is 3.03. The summed E-state index contributed by atoms with van der Waals surface area (Å²) in [5.74, 6) is -0.311. The van der Waals surface area contributed by atoms with Gasteiger partial charge >= 0.3 is 12.0 Å². The second-order valence-electron chi connectivity index (χ2n) is 6.34. The number of methoxy groups -OCH3 is 1. The summed E-state index contributed by atoms with van der Waals surface area (Å²) in [6.07, 6.45) is 1.04. The van der Waals surface area contributed by atoms with Crippen LogP contribution in [0.2, 0.25) is 0 Å². The zero-order valence-electron chi connectivity index (χ0n) is 15.0.